The Morgan fingerprint density at radius 1 is 1.11 bits per heavy atom. The van der Waals surface area contributed by atoms with Crippen LogP contribution in [0.4, 0.5) is 10.1 Å². The molecule has 0 amide bonds. The number of aliphatic hydroxyl groups excluding tert-OH is 1. The van der Waals surface area contributed by atoms with Gasteiger partial charge in [-0.25, -0.2) is 4.39 Å². The fourth-order valence-corrected chi connectivity index (χ4v) is 5.17. The van der Waals surface area contributed by atoms with Crippen molar-refractivity contribution >= 4 is 5.69 Å². The first kappa shape index (κ1) is 19.1. The van der Waals surface area contributed by atoms with Crippen LogP contribution in [0.2, 0.25) is 0 Å². The largest absolute Gasteiger partial charge is 0.396 e. The van der Waals surface area contributed by atoms with Crippen molar-refractivity contribution in [3.63, 3.8) is 0 Å². The highest BCUT2D eigenvalue weighted by atomic mass is 19.1. The number of hydrogen-bond acceptors (Lipinski definition) is 5. The SMILES string of the molecule is OCC[C@H]1CN2CCC[C@@H]2CN1CC1(O)CCN(c2ccccc2F)CC1. The number of fused-ring (bicyclic) bond motifs is 1. The number of halogens is 1. The Balaban J connectivity index is 1.39. The number of benzene rings is 1. The Hall–Kier alpha value is -1.21. The van der Waals surface area contributed by atoms with Gasteiger partial charge in [-0.15, -0.1) is 0 Å². The van der Waals surface area contributed by atoms with Gasteiger partial charge in [0.1, 0.15) is 5.82 Å². The predicted molar refractivity (Wildman–Crippen MR) is 104 cm³/mol. The molecule has 27 heavy (non-hydrogen) atoms. The van der Waals surface area contributed by atoms with Gasteiger partial charge < -0.3 is 15.1 Å². The molecule has 3 fully saturated rings. The van der Waals surface area contributed by atoms with Gasteiger partial charge in [-0.05, 0) is 50.8 Å². The van der Waals surface area contributed by atoms with E-state index in [-0.39, 0.29) is 12.4 Å². The van der Waals surface area contributed by atoms with Crippen molar-refractivity contribution < 1.29 is 14.6 Å². The van der Waals surface area contributed by atoms with Gasteiger partial charge in [-0.2, -0.15) is 0 Å². The van der Waals surface area contributed by atoms with Crippen molar-refractivity contribution in [1.82, 2.24) is 9.80 Å². The molecule has 3 aliphatic rings. The molecule has 3 aliphatic heterocycles. The smallest absolute Gasteiger partial charge is 0.146 e. The molecule has 1 aromatic rings. The van der Waals surface area contributed by atoms with E-state index in [1.807, 2.05) is 17.0 Å². The third kappa shape index (κ3) is 4.14. The van der Waals surface area contributed by atoms with E-state index in [4.69, 9.17) is 0 Å². The van der Waals surface area contributed by atoms with E-state index in [1.54, 1.807) is 6.07 Å². The molecule has 0 aromatic heterocycles. The maximum atomic E-state index is 14.1. The van der Waals surface area contributed by atoms with Gasteiger partial charge in [0.15, 0.2) is 0 Å². The summed E-state index contributed by atoms with van der Waals surface area (Å²) in [4.78, 5) is 7.02. The molecule has 6 heteroatoms. The van der Waals surface area contributed by atoms with Crippen molar-refractivity contribution in [1.29, 1.82) is 0 Å². The van der Waals surface area contributed by atoms with Crippen LogP contribution in [0.3, 0.4) is 0 Å². The van der Waals surface area contributed by atoms with Crippen molar-refractivity contribution in [2.45, 2.75) is 49.8 Å². The molecular weight excluding hydrogens is 345 g/mol. The highest BCUT2D eigenvalue weighted by Crippen LogP contribution is 2.32. The van der Waals surface area contributed by atoms with Crippen LogP contribution in [0.25, 0.3) is 0 Å². The van der Waals surface area contributed by atoms with Crippen molar-refractivity contribution in [3.05, 3.63) is 30.1 Å². The molecule has 0 spiro atoms. The molecule has 3 saturated heterocycles. The molecule has 0 aliphatic carbocycles. The quantitative estimate of drug-likeness (QED) is 0.818. The molecular formula is C21H32FN3O2. The molecule has 0 bridgehead atoms. The van der Waals surface area contributed by atoms with Gasteiger partial charge >= 0.3 is 0 Å². The fraction of sp³-hybridized carbons (Fsp3) is 0.714. The fourth-order valence-electron chi connectivity index (χ4n) is 5.17. The molecule has 3 heterocycles. The standard InChI is InChI=1S/C21H32FN3O2/c22-19-5-1-2-6-20(19)23-11-8-21(27,9-12-23)16-25-15-17-4-3-10-24(17)14-18(25)7-13-26/h1-2,5-6,17-18,26-27H,3-4,7-16H2/t17-,18+/m1/s1. The van der Waals surface area contributed by atoms with Crippen LogP contribution in [0.15, 0.2) is 24.3 Å². The molecule has 1 aromatic carbocycles. The summed E-state index contributed by atoms with van der Waals surface area (Å²) in [5, 5.41) is 20.7. The van der Waals surface area contributed by atoms with Crippen molar-refractivity contribution in [2.75, 3.05) is 50.8 Å². The summed E-state index contributed by atoms with van der Waals surface area (Å²) in [6, 6.07) is 7.80. The zero-order valence-electron chi connectivity index (χ0n) is 16.1. The first-order valence-corrected chi connectivity index (χ1v) is 10.4. The molecule has 2 N–H and O–H groups in total. The second-order valence-corrected chi connectivity index (χ2v) is 8.55. The normalized spacial score (nSPS) is 29.1. The van der Waals surface area contributed by atoms with Gasteiger partial charge in [0.25, 0.3) is 0 Å². The lowest BCUT2D eigenvalue weighted by Crippen LogP contribution is -2.61. The van der Waals surface area contributed by atoms with Crippen LogP contribution in [0.1, 0.15) is 32.1 Å². The lowest BCUT2D eigenvalue weighted by Gasteiger charge is -2.48. The Morgan fingerprint density at radius 3 is 2.63 bits per heavy atom. The minimum absolute atomic E-state index is 0.191. The molecule has 0 radical (unpaired) electrons. The number of para-hydroxylation sites is 1. The van der Waals surface area contributed by atoms with Gasteiger partial charge in [-0.3, -0.25) is 9.80 Å². The van der Waals surface area contributed by atoms with E-state index in [0.29, 0.717) is 50.2 Å². The molecule has 150 valence electrons. The van der Waals surface area contributed by atoms with Crippen molar-refractivity contribution in [3.8, 4) is 0 Å². The summed E-state index contributed by atoms with van der Waals surface area (Å²) in [5.41, 5.74) is -0.0896. The average molecular weight is 378 g/mol. The van der Waals surface area contributed by atoms with E-state index in [2.05, 4.69) is 9.80 Å². The number of anilines is 1. The average Bonchev–Trinajstić information content (AvgIpc) is 3.11. The highest BCUT2D eigenvalue weighted by molar-refractivity contribution is 5.48. The topological polar surface area (TPSA) is 50.2 Å². The second kappa shape index (κ2) is 8.03. The van der Waals surface area contributed by atoms with E-state index in [9.17, 15) is 14.6 Å². The summed E-state index contributed by atoms with van der Waals surface area (Å²) >= 11 is 0. The van der Waals surface area contributed by atoms with Crippen LogP contribution >= 0.6 is 0 Å². The van der Waals surface area contributed by atoms with Gasteiger partial charge in [-0.1, -0.05) is 12.1 Å². The zero-order chi connectivity index (χ0) is 18.9. The number of nitrogens with zero attached hydrogens (tertiary/aromatic N) is 3. The zero-order valence-corrected chi connectivity index (χ0v) is 16.1. The highest BCUT2D eigenvalue weighted by Gasteiger charge is 2.41. The number of rotatable bonds is 5. The first-order valence-electron chi connectivity index (χ1n) is 10.4. The molecule has 2 atom stereocenters. The van der Waals surface area contributed by atoms with E-state index in [1.165, 1.54) is 25.5 Å². The Labute approximate surface area is 161 Å². The van der Waals surface area contributed by atoms with E-state index < -0.39 is 5.60 Å². The Morgan fingerprint density at radius 2 is 1.89 bits per heavy atom. The summed E-state index contributed by atoms with van der Waals surface area (Å²) in [6.07, 6.45) is 4.56. The predicted octanol–water partition coefficient (Wildman–Crippen LogP) is 1.69. The molecule has 5 nitrogen and oxygen atoms in total. The summed E-state index contributed by atoms with van der Waals surface area (Å²) in [7, 11) is 0. The third-order valence-corrected chi connectivity index (χ3v) is 6.75. The monoisotopic (exact) mass is 377 g/mol. The number of hydrogen-bond donors (Lipinski definition) is 2. The van der Waals surface area contributed by atoms with Gasteiger partial charge in [0.2, 0.25) is 0 Å². The second-order valence-electron chi connectivity index (χ2n) is 8.55. The summed E-state index contributed by atoms with van der Waals surface area (Å²) in [5.74, 6) is -0.191. The van der Waals surface area contributed by atoms with Crippen LogP contribution in [0, 0.1) is 5.82 Å². The number of β-amino-alcohol motifs (C(OH)–C–C–N with tert-alkyl or cyclic N) is 1. The number of aliphatic hydroxyl groups is 2. The Kier molecular flexibility index (Phi) is 5.69. The molecule has 0 unspecified atom stereocenters. The van der Waals surface area contributed by atoms with E-state index >= 15 is 0 Å². The van der Waals surface area contributed by atoms with Crippen LogP contribution in [-0.4, -0.2) is 83.6 Å². The van der Waals surface area contributed by atoms with Gasteiger partial charge in [0, 0.05) is 51.4 Å². The minimum Gasteiger partial charge on any atom is -0.396 e. The van der Waals surface area contributed by atoms with Gasteiger partial charge in [0.05, 0.1) is 11.3 Å². The molecule has 4 rings (SSSR count). The summed E-state index contributed by atoms with van der Waals surface area (Å²) in [6.45, 7) is 5.36. The summed E-state index contributed by atoms with van der Waals surface area (Å²) < 4.78 is 14.1. The van der Waals surface area contributed by atoms with Crippen LogP contribution < -0.4 is 4.90 Å². The number of piperazine rings is 1. The maximum Gasteiger partial charge on any atom is 0.146 e. The number of piperidine rings is 1. The lowest BCUT2D eigenvalue weighted by molar-refractivity contribution is -0.0537. The molecule has 0 saturated carbocycles. The minimum atomic E-state index is -0.726. The maximum absolute atomic E-state index is 14.1. The Bertz CT molecular complexity index is 636. The lowest BCUT2D eigenvalue weighted by atomic mass is 9.89. The van der Waals surface area contributed by atoms with E-state index in [0.717, 1.165) is 19.5 Å². The van der Waals surface area contributed by atoms with Crippen LogP contribution in [0.5, 0.6) is 0 Å². The van der Waals surface area contributed by atoms with Crippen molar-refractivity contribution in [2.24, 2.45) is 0 Å². The first-order chi connectivity index (χ1) is 13.1. The third-order valence-electron chi connectivity index (χ3n) is 6.75. The van der Waals surface area contributed by atoms with Crippen LogP contribution in [-0.2, 0) is 0 Å².